The second-order valence-corrected chi connectivity index (χ2v) is 7.60. The van der Waals surface area contributed by atoms with E-state index in [2.05, 4.69) is 53.7 Å². The average Bonchev–Trinajstić information content (AvgIpc) is 2.80. The summed E-state index contributed by atoms with van der Waals surface area (Å²) in [7, 11) is 0. The Morgan fingerprint density at radius 3 is 2.05 bits per heavy atom. The van der Waals surface area contributed by atoms with E-state index in [4.69, 9.17) is 0 Å². The van der Waals surface area contributed by atoms with Crippen LogP contribution in [0.1, 0.15) is 56.0 Å². The molecule has 0 radical (unpaired) electrons. The van der Waals surface area contributed by atoms with Crippen molar-refractivity contribution in [3.05, 3.63) is 46.5 Å². The maximum atomic E-state index is 12.3. The predicted molar refractivity (Wildman–Crippen MR) is 86.5 cm³/mol. The molecule has 116 valence electrons. The Bertz CT molecular complexity index is 707. The third-order valence-electron chi connectivity index (χ3n) is 6.08. The van der Waals surface area contributed by atoms with E-state index in [0.717, 1.165) is 5.56 Å². The summed E-state index contributed by atoms with van der Waals surface area (Å²) in [5.41, 5.74) is 4.57. The minimum atomic E-state index is -0.231. The molecular formula is C19H23NO2. The van der Waals surface area contributed by atoms with E-state index in [1.54, 1.807) is 0 Å². The summed E-state index contributed by atoms with van der Waals surface area (Å²) in [6, 6.07) is 3.97. The minimum absolute atomic E-state index is 0.119. The van der Waals surface area contributed by atoms with E-state index >= 15 is 0 Å². The highest BCUT2D eigenvalue weighted by atomic mass is 16.2. The van der Waals surface area contributed by atoms with Crippen LogP contribution >= 0.6 is 0 Å². The SMILES string of the molecule is Cc1ccc2c(c1C)C(C)(C)C(C)(C)[C@@H]2N1C(=O)C=CC1=O. The normalized spacial score (nSPS) is 25.0. The third kappa shape index (κ3) is 1.62. The first-order valence-corrected chi connectivity index (χ1v) is 7.76. The molecule has 1 aromatic rings. The quantitative estimate of drug-likeness (QED) is 0.743. The molecule has 0 saturated carbocycles. The molecule has 1 aliphatic heterocycles. The fourth-order valence-corrected chi connectivity index (χ4v) is 4.08. The van der Waals surface area contributed by atoms with Crippen LogP contribution in [-0.4, -0.2) is 16.7 Å². The highest BCUT2D eigenvalue weighted by molar-refractivity contribution is 6.13. The number of amides is 2. The first-order chi connectivity index (χ1) is 10.1. The number of hydrogen-bond acceptors (Lipinski definition) is 2. The molecule has 1 aromatic carbocycles. The summed E-state index contributed by atoms with van der Waals surface area (Å²) in [5.74, 6) is -0.407. The van der Waals surface area contributed by atoms with Crippen LogP contribution in [-0.2, 0) is 15.0 Å². The lowest BCUT2D eigenvalue weighted by Gasteiger charge is -2.42. The predicted octanol–water partition coefficient (Wildman–Crippen LogP) is 3.59. The Morgan fingerprint density at radius 1 is 0.955 bits per heavy atom. The summed E-state index contributed by atoms with van der Waals surface area (Å²) in [5, 5.41) is 0. The van der Waals surface area contributed by atoms with Crippen LogP contribution in [0.4, 0.5) is 0 Å². The molecule has 22 heavy (non-hydrogen) atoms. The molecule has 0 N–H and O–H groups in total. The smallest absolute Gasteiger partial charge is 0.254 e. The van der Waals surface area contributed by atoms with Crippen molar-refractivity contribution in [3.8, 4) is 0 Å². The summed E-state index contributed by atoms with van der Waals surface area (Å²) >= 11 is 0. The van der Waals surface area contributed by atoms with Gasteiger partial charge < -0.3 is 0 Å². The van der Waals surface area contributed by atoms with E-state index in [1.807, 2.05) is 0 Å². The van der Waals surface area contributed by atoms with Crippen molar-refractivity contribution in [1.82, 2.24) is 4.90 Å². The molecule has 1 atom stereocenters. The molecular weight excluding hydrogens is 274 g/mol. The maximum Gasteiger partial charge on any atom is 0.254 e. The van der Waals surface area contributed by atoms with Gasteiger partial charge in [0, 0.05) is 12.2 Å². The lowest BCUT2D eigenvalue weighted by atomic mass is 9.66. The van der Waals surface area contributed by atoms with Crippen molar-refractivity contribution in [2.75, 3.05) is 0 Å². The van der Waals surface area contributed by atoms with Crippen LogP contribution in [0.3, 0.4) is 0 Å². The van der Waals surface area contributed by atoms with Gasteiger partial charge in [0.1, 0.15) is 0 Å². The fraction of sp³-hybridized carbons (Fsp3) is 0.474. The standard InChI is InChI=1S/C19H23NO2/c1-11-7-8-13-16(12(11)2)18(3,4)19(5,6)17(13)20-14(21)9-10-15(20)22/h7-10,17H,1-6H3/t17-/m1/s1. The van der Waals surface area contributed by atoms with Gasteiger partial charge in [0.25, 0.3) is 11.8 Å². The van der Waals surface area contributed by atoms with Gasteiger partial charge in [0.05, 0.1) is 6.04 Å². The van der Waals surface area contributed by atoms with Gasteiger partial charge in [-0.15, -0.1) is 0 Å². The molecule has 2 amide bonds. The zero-order valence-corrected chi connectivity index (χ0v) is 14.2. The summed E-state index contributed by atoms with van der Waals surface area (Å²) in [6.45, 7) is 13.0. The van der Waals surface area contributed by atoms with Gasteiger partial charge in [-0.1, -0.05) is 39.8 Å². The van der Waals surface area contributed by atoms with E-state index in [0.29, 0.717) is 0 Å². The third-order valence-corrected chi connectivity index (χ3v) is 6.08. The zero-order valence-electron chi connectivity index (χ0n) is 14.2. The van der Waals surface area contributed by atoms with Crippen LogP contribution in [0.2, 0.25) is 0 Å². The highest BCUT2D eigenvalue weighted by Crippen LogP contribution is 2.60. The molecule has 0 bridgehead atoms. The van der Waals surface area contributed by atoms with Crippen molar-refractivity contribution in [3.63, 3.8) is 0 Å². The van der Waals surface area contributed by atoms with Gasteiger partial charge in [-0.3, -0.25) is 14.5 Å². The molecule has 0 spiro atoms. The molecule has 3 heteroatoms. The van der Waals surface area contributed by atoms with E-state index in [9.17, 15) is 9.59 Å². The number of imide groups is 1. The molecule has 0 fully saturated rings. The summed E-state index contributed by atoms with van der Waals surface area (Å²) in [4.78, 5) is 25.9. The van der Waals surface area contributed by atoms with Crippen molar-refractivity contribution in [2.24, 2.45) is 5.41 Å². The van der Waals surface area contributed by atoms with Gasteiger partial charge >= 0.3 is 0 Å². The Labute approximate surface area is 132 Å². The second-order valence-electron chi connectivity index (χ2n) is 7.60. The fourth-order valence-electron chi connectivity index (χ4n) is 4.08. The van der Waals surface area contributed by atoms with Crippen molar-refractivity contribution >= 4 is 11.8 Å². The molecule has 2 aliphatic rings. The van der Waals surface area contributed by atoms with Gasteiger partial charge in [0.2, 0.25) is 0 Å². The van der Waals surface area contributed by atoms with Gasteiger partial charge in [0.15, 0.2) is 0 Å². The Morgan fingerprint density at radius 2 is 1.50 bits per heavy atom. The molecule has 1 heterocycles. The number of hydrogen-bond donors (Lipinski definition) is 0. The molecule has 3 rings (SSSR count). The van der Waals surface area contributed by atoms with E-state index in [1.165, 1.54) is 33.7 Å². The van der Waals surface area contributed by atoms with E-state index in [-0.39, 0.29) is 28.7 Å². The van der Waals surface area contributed by atoms with Gasteiger partial charge in [-0.2, -0.15) is 0 Å². The molecule has 1 aliphatic carbocycles. The Hall–Kier alpha value is -1.90. The molecule has 0 aromatic heterocycles. The number of carbonyl (C=O) groups is 2. The number of aryl methyl sites for hydroxylation is 1. The van der Waals surface area contributed by atoms with Crippen LogP contribution in [0, 0.1) is 19.3 Å². The highest BCUT2D eigenvalue weighted by Gasteiger charge is 2.57. The van der Waals surface area contributed by atoms with Crippen molar-refractivity contribution in [2.45, 2.75) is 53.0 Å². The molecule has 3 nitrogen and oxygen atoms in total. The average molecular weight is 297 g/mol. The zero-order chi connectivity index (χ0) is 16.4. The summed E-state index contributed by atoms with van der Waals surface area (Å²) in [6.07, 6.45) is 2.76. The summed E-state index contributed by atoms with van der Waals surface area (Å²) < 4.78 is 0. The number of fused-ring (bicyclic) bond motifs is 1. The van der Waals surface area contributed by atoms with Crippen LogP contribution in [0.15, 0.2) is 24.3 Å². The second kappa shape index (κ2) is 4.31. The van der Waals surface area contributed by atoms with E-state index < -0.39 is 0 Å². The Kier molecular flexibility index (Phi) is 2.94. The topological polar surface area (TPSA) is 37.4 Å². The van der Waals surface area contributed by atoms with Crippen LogP contribution in [0.25, 0.3) is 0 Å². The first kappa shape index (κ1) is 15.0. The number of benzene rings is 1. The van der Waals surface area contributed by atoms with Gasteiger partial charge in [-0.25, -0.2) is 0 Å². The monoisotopic (exact) mass is 297 g/mol. The first-order valence-electron chi connectivity index (χ1n) is 7.76. The van der Waals surface area contributed by atoms with Crippen LogP contribution < -0.4 is 0 Å². The lowest BCUT2D eigenvalue weighted by molar-refractivity contribution is -0.143. The maximum absolute atomic E-state index is 12.3. The number of rotatable bonds is 1. The Balaban J connectivity index is 2.28. The van der Waals surface area contributed by atoms with Crippen molar-refractivity contribution < 1.29 is 9.59 Å². The largest absolute Gasteiger partial charge is 0.269 e. The van der Waals surface area contributed by atoms with Crippen LogP contribution in [0.5, 0.6) is 0 Å². The molecule has 0 saturated heterocycles. The number of nitrogens with zero attached hydrogens (tertiary/aromatic N) is 1. The molecule has 0 unspecified atom stereocenters. The minimum Gasteiger partial charge on any atom is -0.269 e. The number of carbonyl (C=O) groups excluding carboxylic acids is 2. The van der Waals surface area contributed by atoms with Gasteiger partial charge in [-0.05, 0) is 46.9 Å². The lowest BCUT2D eigenvalue weighted by Crippen LogP contribution is -2.44. The van der Waals surface area contributed by atoms with Crippen molar-refractivity contribution in [1.29, 1.82) is 0 Å².